The van der Waals surface area contributed by atoms with Gasteiger partial charge in [-0.05, 0) is 0 Å². The molecular weight excluding hydrogens is 338 g/mol. The number of carbonyl (C=O) groups excluding carboxylic acids is 3. The summed E-state index contributed by atoms with van der Waals surface area (Å²) in [6, 6.07) is 0. The average Bonchev–Trinajstić information content (AvgIpc) is 2.63. The van der Waals surface area contributed by atoms with Crippen molar-refractivity contribution < 1.29 is 45.9 Å². The van der Waals surface area contributed by atoms with Crippen LogP contribution in [0.15, 0.2) is 0 Å². The molecule has 1 aliphatic rings. The van der Waals surface area contributed by atoms with E-state index >= 15 is 0 Å². The van der Waals surface area contributed by atoms with Crippen LogP contribution in [0.5, 0.6) is 0 Å². The van der Waals surface area contributed by atoms with Crippen LogP contribution in [0.4, 0.5) is 0 Å². The first-order chi connectivity index (χ1) is 10.5. The maximum absolute atomic E-state index is 11.2. The molecule has 12 heteroatoms. The number of carbonyl (C=O) groups is 3. The number of nitrogens with two attached hydrogens (primary N) is 1. The van der Waals surface area contributed by atoms with Gasteiger partial charge >= 0.3 is 28.2 Å². The highest BCUT2D eigenvalue weighted by Gasteiger charge is 2.51. The number of esters is 3. The van der Waals surface area contributed by atoms with E-state index in [-0.39, 0.29) is 0 Å². The van der Waals surface area contributed by atoms with E-state index in [1.807, 2.05) is 0 Å². The third kappa shape index (κ3) is 6.48. The second kappa shape index (κ2) is 7.68. The van der Waals surface area contributed by atoms with Crippen LogP contribution in [-0.2, 0) is 47.8 Å². The third-order valence-electron chi connectivity index (χ3n) is 2.55. The molecule has 0 saturated carbocycles. The van der Waals surface area contributed by atoms with E-state index in [4.69, 9.17) is 24.1 Å². The van der Waals surface area contributed by atoms with Crippen LogP contribution in [0.25, 0.3) is 0 Å². The highest BCUT2D eigenvalue weighted by molar-refractivity contribution is 7.84. The predicted molar refractivity (Wildman–Crippen MR) is 70.6 cm³/mol. The number of hydrogen-bond donors (Lipinski definition) is 1. The Bertz CT molecular complexity index is 573. The van der Waals surface area contributed by atoms with Gasteiger partial charge in [0.15, 0.2) is 6.10 Å². The molecule has 132 valence electrons. The minimum absolute atomic E-state index is 0.633. The molecule has 0 aromatic rings. The lowest BCUT2D eigenvalue weighted by Crippen LogP contribution is -2.42. The summed E-state index contributed by atoms with van der Waals surface area (Å²) in [5, 5.41) is 4.71. The molecule has 0 bridgehead atoms. The van der Waals surface area contributed by atoms with Gasteiger partial charge in [0.1, 0.15) is 6.10 Å². The number of hydrogen-bond acceptors (Lipinski definition) is 10. The Hall–Kier alpha value is -1.76. The van der Waals surface area contributed by atoms with Crippen molar-refractivity contribution >= 4 is 28.2 Å². The molecule has 23 heavy (non-hydrogen) atoms. The molecule has 4 unspecified atom stereocenters. The number of rotatable bonds is 6. The van der Waals surface area contributed by atoms with Gasteiger partial charge in [-0.3, -0.25) is 18.6 Å². The van der Waals surface area contributed by atoms with E-state index in [1.165, 1.54) is 0 Å². The zero-order chi connectivity index (χ0) is 17.8. The van der Waals surface area contributed by atoms with Gasteiger partial charge in [-0.25, -0.2) is 5.14 Å². The van der Waals surface area contributed by atoms with Gasteiger partial charge in [-0.2, -0.15) is 8.42 Å². The van der Waals surface area contributed by atoms with Crippen LogP contribution < -0.4 is 5.14 Å². The fraction of sp³-hybridized carbons (Fsp3) is 0.727. The molecule has 0 aliphatic carbocycles. The Morgan fingerprint density at radius 1 is 0.957 bits per heavy atom. The van der Waals surface area contributed by atoms with Crippen molar-refractivity contribution in [1.29, 1.82) is 0 Å². The molecule has 1 saturated heterocycles. The lowest BCUT2D eigenvalue weighted by molar-refractivity contribution is -0.196. The smallest absolute Gasteiger partial charge is 0.333 e. The summed E-state index contributed by atoms with van der Waals surface area (Å²) in [5.74, 6) is -2.25. The van der Waals surface area contributed by atoms with Crippen LogP contribution in [0.1, 0.15) is 20.8 Å². The van der Waals surface area contributed by atoms with Gasteiger partial charge in [-0.1, -0.05) is 0 Å². The van der Waals surface area contributed by atoms with Crippen molar-refractivity contribution in [2.45, 2.75) is 45.4 Å². The van der Waals surface area contributed by atoms with E-state index in [9.17, 15) is 22.8 Å². The van der Waals surface area contributed by atoms with E-state index in [0.717, 1.165) is 20.8 Å². The fourth-order valence-electron chi connectivity index (χ4n) is 1.90. The van der Waals surface area contributed by atoms with Crippen molar-refractivity contribution in [2.75, 3.05) is 6.61 Å². The SMILES string of the molecule is CC(=O)OC1OC(COS(N)(=O)=O)C(OC(C)=O)C1OC(C)=O. The largest absolute Gasteiger partial charge is 0.455 e. The maximum Gasteiger partial charge on any atom is 0.333 e. The van der Waals surface area contributed by atoms with Crippen LogP contribution in [0.2, 0.25) is 0 Å². The Morgan fingerprint density at radius 3 is 1.87 bits per heavy atom. The minimum atomic E-state index is -4.28. The van der Waals surface area contributed by atoms with Crippen molar-refractivity contribution in [3.05, 3.63) is 0 Å². The van der Waals surface area contributed by atoms with Crippen LogP contribution in [-0.4, -0.2) is 57.5 Å². The van der Waals surface area contributed by atoms with Gasteiger partial charge in [0.25, 0.3) is 0 Å². The van der Waals surface area contributed by atoms with E-state index in [1.54, 1.807) is 0 Å². The molecule has 1 aliphatic heterocycles. The van der Waals surface area contributed by atoms with Gasteiger partial charge in [0.05, 0.1) is 6.61 Å². The molecule has 1 heterocycles. The summed E-state index contributed by atoms with van der Waals surface area (Å²) in [5.41, 5.74) is 0. The molecule has 0 radical (unpaired) electrons. The van der Waals surface area contributed by atoms with Crippen LogP contribution in [0, 0.1) is 0 Å². The number of ether oxygens (including phenoxy) is 4. The molecule has 4 atom stereocenters. The highest BCUT2D eigenvalue weighted by atomic mass is 32.2. The topological polar surface area (TPSA) is 158 Å². The Kier molecular flexibility index (Phi) is 6.44. The van der Waals surface area contributed by atoms with Gasteiger partial charge in [-0.15, -0.1) is 0 Å². The average molecular weight is 355 g/mol. The van der Waals surface area contributed by atoms with Crippen molar-refractivity contribution in [3.63, 3.8) is 0 Å². The maximum atomic E-state index is 11.2. The zero-order valence-corrected chi connectivity index (χ0v) is 13.4. The Balaban J connectivity index is 2.99. The Labute approximate surface area is 132 Å². The van der Waals surface area contributed by atoms with Crippen molar-refractivity contribution in [3.8, 4) is 0 Å². The first-order valence-corrected chi connectivity index (χ1v) is 7.81. The summed E-state index contributed by atoms with van der Waals surface area (Å²) in [6.45, 7) is 2.63. The summed E-state index contributed by atoms with van der Waals surface area (Å²) in [7, 11) is -4.28. The van der Waals surface area contributed by atoms with Crippen LogP contribution in [0.3, 0.4) is 0 Å². The minimum Gasteiger partial charge on any atom is -0.455 e. The fourth-order valence-corrected chi connectivity index (χ4v) is 2.22. The summed E-state index contributed by atoms with van der Waals surface area (Å²) in [4.78, 5) is 33.5. The normalized spacial score (nSPS) is 27.3. The summed E-state index contributed by atoms with van der Waals surface area (Å²) in [6.07, 6.45) is -5.11. The molecule has 0 spiro atoms. The third-order valence-corrected chi connectivity index (χ3v) is 3.01. The molecular formula is C11H17NO10S. The van der Waals surface area contributed by atoms with Crippen LogP contribution >= 0.6 is 0 Å². The predicted octanol–water partition coefficient (Wildman–Crippen LogP) is -1.64. The van der Waals surface area contributed by atoms with E-state index in [2.05, 4.69) is 4.18 Å². The van der Waals surface area contributed by atoms with Crippen molar-refractivity contribution in [2.24, 2.45) is 5.14 Å². The van der Waals surface area contributed by atoms with E-state index in [0.29, 0.717) is 0 Å². The zero-order valence-electron chi connectivity index (χ0n) is 12.6. The summed E-state index contributed by atoms with van der Waals surface area (Å²) < 4.78 is 46.1. The van der Waals surface area contributed by atoms with Crippen molar-refractivity contribution in [1.82, 2.24) is 0 Å². The first-order valence-electron chi connectivity index (χ1n) is 6.34. The molecule has 11 nitrogen and oxygen atoms in total. The monoisotopic (exact) mass is 355 g/mol. The van der Waals surface area contributed by atoms with Gasteiger partial charge in [0.2, 0.25) is 12.4 Å². The first kappa shape index (κ1) is 19.3. The molecule has 1 fully saturated rings. The lowest BCUT2D eigenvalue weighted by Gasteiger charge is -2.22. The van der Waals surface area contributed by atoms with E-state index < -0.39 is 59.4 Å². The highest BCUT2D eigenvalue weighted by Crippen LogP contribution is 2.28. The quantitative estimate of drug-likeness (QED) is 0.432. The second-order valence-electron chi connectivity index (χ2n) is 4.58. The second-order valence-corrected chi connectivity index (χ2v) is 5.80. The lowest BCUT2D eigenvalue weighted by atomic mass is 10.1. The molecule has 0 aromatic heterocycles. The molecule has 0 aromatic carbocycles. The molecule has 0 amide bonds. The molecule has 1 rings (SSSR count). The summed E-state index contributed by atoms with van der Waals surface area (Å²) >= 11 is 0. The molecule has 2 N–H and O–H groups in total. The standard InChI is InChI=1S/C11H17NO10S/c1-5(13)19-9-8(4-18-23(12,16)17)22-11(21-7(3)15)10(9)20-6(2)14/h8-11H,4H2,1-3H3,(H2,12,16,17). The Morgan fingerprint density at radius 2 is 1.43 bits per heavy atom. The van der Waals surface area contributed by atoms with Gasteiger partial charge in [0, 0.05) is 20.8 Å². The van der Waals surface area contributed by atoms with Gasteiger partial charge < -0.3 is 18.9 Å².